The lowest BCUT2D eigenvalue weighted by atomic mass is 9.83. The maximum absolute atomic E-state index is 5.93. The number of hydrogen-bond acceptors (Lipinski definition) is 5. The van der Waals surface area contributed by atoms with E-state index in [1.54, 1.807) is 0 Å². The third kappa shape index (κ3) is 4.37. The zero-order chi connectivity index (χ0) is 18.5. The van der Waals surface area contributed by atoms with Crippen molar-refractivity contribution in [3.8, 4) is 17.2 Å². The predicted molar refractivity (Wildman–Crippen MR) is 103 cm³/mol. The van der Waals surface area contributed by atoms with Gasteiger partial charge in [-0.15, -0.1) is 0 Å². The molecule has 0 spiro atoms. The van der Waals surface area contributed by atoms with Crippen molar-refractivity contribution in [2.24, 2.45) is 11.8 Å². The summed E-state index contributed by atoms with van der Waals surface area (Å²) in [5.74, 6) is 8.47. The Labute approximate surface area is 160 Å². The third-order valence-corrected chi connectivity index (χ3v) is 5.44. The Morgan fingerprint density at radius 1 is 0.963 bits per heavy atom. The molecule has 1 aliphatic carbocycles. The molecule has 0 radical (unpaired) electrons. The van der Waals surface area contributed by atoms with Gasteiger partial charge in [0.05, 0.1) is 0 Å². The number of benzene rings is 2. The van der Waals surface area contributed by atoms with Crippen LogP contribution in [0.2, 0.25) is 0 Å². The molecule has 0 aromatic heterocycles. The topological polar surface area (TPSA) is 62.9 Å². The summed E-state index contributed by atoms with van der Waals surface area (Å²) < 4.78 is 17.5. The Morgan fingerprint density at radius 3 is 2.44 bits per heavy atom. The van der Waals surface area contributed by atoms with Crippen LogP contribution >= 0.6 is 0 Å². The van der Waals surface area contributed by atoms with Crippen LogP contribution in [0.5, 0.6) is 17.2 Å². The number of fused-ring (bicyclic) bond motifs is 1. The lowest BCUT2D eigenvalue weighted by molar-refractivity contribution is -0.00281. The van der Waals surface area contributed by atoms with Gasteiger partial charge >= 0.3 is 0 Å². The molecule has 2 aromatic carbocycles. The van der Waals surface area contributed by atoms with Gasteiger partial charge in [-0.2, -0.15) is 0 Å². The van der Waals surface area contributed by atoms with Gasteiger partial charge in [-0.3, -0.25) is 4.84 Å². The molecule has 2 atom stereocenters. The molecule has 0 saturated heterocycles. The molecule has 5 heteroatoms. The van der Waals surface area contributed by atoms with Crippen molar-refractivity contribution >= 4 is 0 Å². The SMILES string of the molecule is NOC(c1ccc(OCC2COc3ccccc3O2)cc1)C1CCCCC1. The van der Waals surface area contributed by atoms with E-state index in [4.69, 9.17) is 24.9 Å². The molecule has 0 amide bonds. The van der Waals surface area contributed by atoms with E-state index in [9.17, 15) is 0 Å². The van der Waals surface area contributed by atoms with Crippen LogP contribution in [0, 0.1) is 5.92 Å². The fraction of sp³-hybridized carbons (Fsp3) is 0.455. The van der Waals surface area contributed by atoms with E-state index in [1.165, 1.54) is 32.1 Å². The van der Waals surface area contributed by atoms with Crippen LogP contribution in [0.25, 0.3) is 0 Å². The highest BCUT2D eigenvalue weighted by Gasteiger charge is 2.26. The number of nitrogens with two attached hydrogens (primary N) is 1. The highest BCUT2D eigenvalue weighted by molar-refractivity contribution is 5.40. The molecule has 1 heterocycles. The zero-order valence-electron chi connectivity index (χ0n) is 15.5. The van der Waals surface area contributed by atoms with E-state index in [0.717, 1.165) is 22.8 Å². The van der Waals surface area contributed by atoms with E-state index in [-0.39, 0.29) is 12.2 Å². The largest absolute Gasteiger partial charge is 0.490 e. The van der Waals surface area contributed by atoms with Crippen molar-refractivity contribution in [1.82, 2.24) is 0 Å². The average molecular weight is 369 g/mol. The summed E-state index contributed by atoms with van der Waals surface area (Å²) in [7, 11) is 0. The van der Waals surface area contributed by atoms with Crippen molar-refractivity contribution in [3.05, 3.63) is 54.1 Å². The Morgan fingerprint density at radius 2 is 1.70 bits per heavy atom. The molecule has 2 unspecified atom stereocenters. The molecule has 2 N–H and O–H groups in total. The summed E-state index contributed by atoms with van der Waals surface area (Å²) in [5.41, 5.74) is 1.11. The fourth-order valence-electron chi connectivity index (χ4n) is 3.99. The molecule has 144 valence electrons. The zero-order valence-corrected chi connectivity index (χ0v) is 15.5. The molecular weight excluding hydrogens is 342 g/mol. The molecule has 0 bridgehead atoms. The minimum absolute atomic E-state index is 0.0362. The Bertz CT molecular complexity index is 727. The summed E-state index contributed by atoms with van der Waals surface area (Å²) in [6.07, 6.45) is 6.04. The number of ether oxygens (including phenoxy) is 3. The van der Waals surface area contributed by atoms with Crippen LogP contribution in [-0.2, 0) is 4.84 Å². The lowest BCUT2D eigenvalue weighted by Gasteiger charge is -2.29. The minimum Gasteiger partial charge on any atom is -0.490 e. The standard InChI is InChI=1S/C22H27NO4/c23-27-22(16-6-2-1-3-7-16)17-10-12-18(13-11-17)24-14-19-15-25-20-8-4-5-9-21(20)26-19/h4-5,8-13,16,19,22H,1-3,6-7,14-15,23H2. The lowest BCUT2D eigenvalue weighted by Crippen LogP contribution is -2.34. The van der Waals surface area contributed by atoms with E-state index < -0.39 is 0 Å². The van der Waals surface area contributed by atoms with E-state index in [0.29, 0.717) is 19.1 Å². The predicted octanol–water partition coefficient (Wildman–Crippen LogP) is 4.42. The number of para-hydroxylation sites is 2. The van der Waals surface area contributed by atoms with Gasteiger partial charge in [-0.05, 0) is 48.6 Å². The Kier molecular flexibility index (Phi) is 5.80. The molecule has 2 aliphatic rings. The van der Waals surface area contributed by atoms with E-state index >= 15 is 0 Å². The second-order valence-electron chi connectivity index (χ2n) is 7.33. The summed E-state index contributed by atoms with van der Waals surface area (Å²) in [4.78, 5) is 5.33. The van der Waals surface area contributed by atoms with E-state index in [2.05, 4.69) is 12.1 Å². The van der Waals surface area contributed by atoms with Crippen molar-refractivity contribution in [2.45, 2.75) is 44.3 Å². The first kappa shape index (κ1) is 18.1. The van der Waals surface area contributed by atoms with Gasteiger partial charge in [0, 0.05) is 0 Å². The van der Waals surface area contributed by atoms with Crippen LogP contribution in [-0.4, -0.2) is 19.3 Å². The molecule has 2 aromatic rings. The third-order valence-electron chi connectivity index (χ3n) is 5.44. The smallest absolute Gasteiger partial charge is 0.166 e. The fourth-order valence-corrected chi connectivity index (χ4v) is 3.99. The molecule has 1 fully saturated rings. The first-order chi connectivity index (χ1) is 13.3. The molecule has 27 heavy (non-hydrogen) atoms. The quantitative estimate of drug-likeness (QED) is 0.764. The van der Waals surface area contributed by atoms with E-state index in [1.807, 2.05) is 36.4 Å². The van der Waals surface area contributed by atoms with Crippen molar-refractivity contribution < 1.29 is 19.0 Å². The van der Waals surface area contributed by atoms with Gasteiger partial charge < -0.3 is 14.2 Å². The van der Waals surface area contributed by atoms with Gasteiger partial charge in [0.25, 0.3) is 0 Å². The number of rotatable bonds is 6. The summed E-state index contributed by atoms with van der Waals surface area (Å²) in [6, 6.07) is 15.7. The number of hydrogen-bond donors (Lipinski definition) is 1. The summed E-state index contributed by atoms with van der Waals surface area (Å²) in [6.45, 7) is 0.924. The maximum atomic E-state index is 5.93. The maximum Gasteiger partial charge on any atom is 0.166 e. The molecule has 5 nitrogen and oxygen atoms in total. The highest BCUT2D eigenvalue weighted by atomic mass is 16.6. The van der Waals surface area contributed by atoms with Crippen molar-refractivity contribution in [1.29, 1.82) is 0 Å². The Hall–Kier alpha value is -2.24. The van der Waals surface area contributed by atoms with Gasteiger partial charge in [0.2, 0.25) is 0 Å². The average Bonchev–Trinajstić information content (AvgIpc) is 2.74. The van der Waals surface area contributed by atoms with Gasteiger partial charge in [0.1, 0.15) is 25.1 Å². The van der Waals surface area contributed by atoms with Gasteiger partial charge in [0.15, 0.2) is 17.6 Å². The van der Waals surface area contributed by atoms with Gasteiger partial charge in [-0.1, -0.05) is 43.5 Å². The second kappa shape index (κ2) is 8.63. The second-order valence-corrected chi connectivity index (χ2v) is 7.33. The molecule has 1 saturated carbocycles. The minimum atomic E-state index is -0.123. The van der Waals surface area contributed by atoms with Gasteiger partial charge in [-0.25, -0.2) is 5.90 Å². The molecule has 4 rings (SSSR count). The van der Waals surface area contributed by atoms with Crippen LogP contribution in [0.3, 0.4) is 0 Å². The van der Waals surface area contributed by atoms with Crippen LogP contribution in [0.4, 0.5) is 0 Å². The summed E-state index contributed by atoms with van der Waals surface area (Å²) in [5, 5.41) is 0. The highest BCUT2D eigenvalue weighted by Crippen LogP contribution is 2.36. The van der Waals surface area contributed by atoms with Crippen molar-refractivity contribution in [2.75, 3.05) is 13.2 Å². The van der Waals surface area contributed by atoms with Crippen LogP contribution in [0.1, 0.15) is 43.8 Å². The van der Waals surface area contributed by atoms with Crippen molar-refractivity contribution in [3.63, 3.8) is 0 Å². The first-order valence-corrected chi connectivity index (χ1v) is 9.80. The van der Waals surface area contributed by atoms with Crippen LogP contribution < -0.4 is 20.1 Å². The monoisotopic (exact) mass is 369 g/mol. The first-order valence-electron chi connectivity index (χ1n) is 9.80. The normalized spacial score (nSPS) is 20.9. The molecule has 1 aliphatic heterocycles. The molecular formula is C22H27NO4. The summed E-state index contributed by atoms with van der Waals surface area (Å²) >= 11 is 0. The van der Waals surface area contributed by atoms with Crippen LogP contribution in [0.15, 0.2) is 48.5 Å². The Balaban J connectivity index is 1.33.